The molecule has 1 heterocycles. The van der Waals surface area contributed by atoms with Gasteiger partial charge >= 0.3 is 0 Å². The van der Waals surface area contributed by atoms with E-state index < -0.39 is 0 Å². The van der Waals surface area contributed by atoms with Gasteiger partial charge in [0.15, 0.2) is 0 Å². The third-order valence-corrected chi connectivity index (χ3v) is 2.09. The lowest BCUT2D eigenvalue weighted by Gasteiger charge is -2.10. The second-order valence-electron chi connectivity index (χ2n) is 3.58. The van der Waals surface area contributed by atoms with Gasteiger partial charge in [-0.2, -0.15) is 0 Å². The number of halogens is 1. The Kier molecular flexibility index (Phi) is 5.21. The average molecular weight is 212 g/mol. The minimum atomic E-state index is -0.330. The maximum Gasteiger partial charge on any atom is 0.141 e. The van der Waals surface area contributed by atoms with Gasteiger partial charge < -0.3 is 10.4 Å². The minimum absolute atomic E-state index is 0.323. The molecule has 0 fully saturated rings. The smallest absolute Gasteiger partial charge is 0.141 e. The van der Waals surface area contributed by atoms with E-state index in [-0.39, 0.29) is 11.9 Å². The largest absolute Gasteiger partial charge is 0.392 e. The molecule has 0 bridgehead atoms. The molecule has 1 aromatic rings. The van der Waals surface area contributed by atoms with Gasteiger partial charge in [-0.15, -0.1) is 0 Å². The highest BCUT2D eigenvalue weighted by molar-refractivity contribution is 5.09. The molecule has 1 unspecified atom stereocenters. The Labute approximate surface area is 89.4 Å². The fourth-order valence-electron chi connectivity index (χ4n) is 1.37. The summed E-state index contributed by atoms with van der Waals surface area (Å²) < 4.78 is 12.7. The normalized spacial score (nSPS) is 12.7. The topological polar surface area (TPSA) is 45.1 Å². The molecule has 2 N–H and O–H groups in total. The lowest BCUT2D eigenvalue weighted by molar-refractivity contribution is 0.160. The van der Waals surface area contributed by atoms with Crippen LogP contribution in [0.1, 0.15) is 25.3 Å². The van der Waals surface area contributed by atoms with Crippen molar-refractivity contribution in [3.05, 3.63) is 29.8 Å². The van der Waals surface area contributed by atoms with Gasteiger partial charge in [0.25, 0.3) is 0 Å². The summed E-state index contributed by atoms with van der Waals surface area (Å²) in [6.45, 7) is 3.09. The number of nitrogens with one attached hydrogen (secondary N) is 1. The summed E-state index contributed by atoms with van der Waals surface area (Å²) in [4.78, 5) is 3.74. The lowest BCUT2D eigenvalue weighted by Crippen LogP contribution is -2.26. The highest BCUT2D eigenvalue weighted by Crippen LogP contribution is 2.00. The van der Waals surface area contributed by atoms with Crippen molar-refractivity contribution in [2.75, 3.05) is 6.54 Å². The van der Waals surface area contributed by atoms with E-state index in [0.717, 1.165) is 18.4 Å². The van der Waals surface area contributed by atoms with E-state index in [4.69, 9.17) is 0 Å². The van der Waals surface area contributed by atoms with Crippen LogP contribution in [0.2, 0.25) is 0 Å². The standard InChI is InChI=1S/C11H17FN2O/c1-2-3-11(15)8-14-6-9-4-10(12)7-13-5-9/h4-5,7,11,14-15H,2-3,6,8H2,1H3. The summed E-state index contributed by atoms with van der Waals surface area (Å²) in [5, 5.41) is 12.5. The molecule has 0 aromatic carbocycles. The first-order valence-corrected chi connectivity index (χ1v) is 5.20. The van der Waals surface area contributed by atoms with E-state index in [1.807, 2.05) is 6.92 Å². The Bertz CT molecular complexity index is 294. The third kappa shape index (κ3) is 4.85. The van der Waals surface area contributed by atoms with Gasteiger partial charge in [-0.05, 0) is 18.1 Å². The fourth-order valence-corrected chi connectivity index (χ4v) is 1.37. The first-order chi connectivity index (χ1) is 7.22. The molecule has 1 aromatic heterocycles. The van der Waals surface area contributed by atoms with Gasteiger partial charge in [0.05, 0.1) is 12.3 Å². The molecular formula is C11H17FN2O. The van der Waals surface area contributed by atoms with Gasteiger partial charge in [0, 0.05) is 19.3 Å². The highest BCUT2D eigenvalue weighted by atomic mass is 19.1. The predicted molar refractivity (Wildman–Crippen MR) is 56.8 cm³/mol. The van der Waals surface area contributed by atoms with Gasteiger partial charge in [-0.1, -0.05) is 13.3 Å². The molecule has 0 aliphatic rings. The van der Waals surface area contributed by atoms with Crippen LogP contribution >= 0.6 is 0 Å². The number of pyridine rings is 1. The van der Waals surface area contributed by atoms with Crippen molar-refractivity contribution in [2.24, 2.45) is 0 Å². The van der Waals surface area contributed by atoms with Crippen LogP contribution in [0.5, 0.6) is 0 Å². The number of aliphatic hydroxyl groups is 1. The minimum Gasteiger partial charge on any atom is -0.392 e. The van der Waals surface area contributed by atoms with Gasteiger partial charge in [-0.25, -0.2) is 4.39 Å². The van der Waals surface area contributed by atoms with Crippen molar-refractivity contribution in [3.63, 3.8) is 0 Å². The molecule has 84 valence electrons. The van der Waals surface area contributed by atoms with E-state index in [1.54, 1.807) is 6.20 Å². The number of hydrogen-bond donors (Lipinski definition) is 2. The summed E-state index contributed by atoms with van der Waals surface area (Å²) in [6, 6.07) is 1.44. The highest BCUT2D eigenvalue weighted by Gasteiger charge is 2.02. The number of nitrogens with zero attached hydrogens (tertiary/aromatic N) is 1. The molecule has 3 nitrogen and oxygen atoms in total. The van der Waals surface area contributed by atoms with Crippen LogP contribution < -0.4 is 5.32 Å². The summed E-state index contributed by atoms with van der Waals surface area (Å²) in [5.41, 5.74) is 0.790. The molecule has 1 atom stereocenters. The summed E-state index contributed by atoms with van der Waals surface area (Å²) in [6.07, 6.45) is 4.22. The van der Waals surface area contributed by atoms with E-state index in [2.05, 4.69) is 10.3 Å². The first-order valence-electron chi connectivity index (χ1n) is 5.20. The lowest BCUT2D eigenvalue weighted by atomic mass is 10.2. The van der Waals surface area contributed by atoms with Crippen molar-refractivity contribution < 1.29 is 9.50 Å². The van der Waals surface area contributed by atoms with Gasteiger partial charge in [0.2, 0.25) is 0 Å². The van der Waals surface area contributed by atoms with Crippen LogP contribution in [0.4, 0.5) is 4.39 Å². The van der Waals surface area contributed by atoms with Crippen molar-refractivity contribution in [3.8, 4) is 0 Å². The number of aromatic nitrogens is 1. The quantitative estimate of drug-likeness (QED) is 0.750. The maximum absolute atomic E-state index is 12.7. The maximum atomic E-state index is 12.7. The summed E-state index contributed by atoms with van der Waals surface area (Å²) in [5.74, 6) is -0.330. The van der Waals surface area contributed by atoms with Gasteiger partial charge in [-0.3, -0.25) is 4.98 Å². The zero-order valence-electron chi connectivity index (χ0n) is 8.91. The SMILES string of the molecule is CCCC(O)CNCc1cncc(F)c1. The van der Waals surface area contributed by atoms with E-state index >= 15 is 0 Å². The van der Waals surface area contributed by atoms with Crippen LogP contribution in [0, 0.1) is 5.82 Å². The molecule has 0 aliphatic heterocycles. The van der Waals surface area contributed by atoms with Crippen molar-refractivity contribution in [2.45, 2.75) is 32.4 Å². The fraction of sp³-hybridized carbons (Fsp3) is 0.545. The zero-order valence-corrected chi connectivity index (χ0v) is 8.91. The van der Waals surface area contributed by atoms with Crippen molar-refractivity contribution >= 4 is 0 Å². The van der Waals surface area contributed by atoms with Crippen molar-refractivity contribution in [1.82, 2.24) is 10.3 Å². The molecule has 0 saturated carbocycles. The molecule has 1 rings (SSSR count). The molecule has 0 aliphatic carbocycles. The van der Waals surface area contributed by atoms with Crippen LogP contribution in [0.25, 0.3) is 0 Å². The van der Waals surface area contributed by atoms with E-state index in [1.165, 1.54) is 12.3 Å². The Morgan fingerprint density at radius 1 is 1.53 bits per heavy atom. The Morgan fingerprint density at radius 2 is 2.33 bits per heavy atom. The van der Waals surface area contributed by atoms with Crippen LogP contribution in [-0.2, 0) is 6.54 Å². The molecule has 0 saturated heterocycles. The van der Waals surface area contributed by atoms with Crippen LogP contribution in [0.3, 0.4) is 0 Å². The Balaban J connectivity index is 2.25. The first kappa shape index (κ1) is 12.1. The zero-order chi connectivity index (χ0) is 11.1. The Morgan fingerprint density at radius 3 is 3.00 bits per heavy atom. The molecular weight excluding hydrogens is 195 g/mol. The number of hydrogen-bond acceptors (Lipinski definition) is 3. The third-order valence-electron chi connectivity index (χ3n) is 2.09. The summed E-state index contributed by atoms with van der Waals surface area (Å²) >= 11 is 0. The van der Waals surface area contributed by atoms with Crippen molar-refractivity contribution in [1.29, 1.82) is 0 Å². The Hall–Kier alpha value is -1.00. The van der Waals surface area contributed by atoms with E-state index in [0.29, 0.717) is 13.1 Å². The molecule has 4 heteroatoms. The number of aliphatic hydroxyl groups excluding tert-OH is 1. The monoisotopic (exact) mass is 212 g/mol. The second kappa shape index (κ2) is 6.48. The van der Waals surface area contributed by atoms with Crippen LogP contribution in [-0.4, -0.2) is 22.7 Å². The van der Waals surface area contributed by atoms with Gasteiger partial charge in [0.1, 0.15) is 5.82 Å². The van der Waals surface area contributed by atoms with E-state index in [9.17, 15) is 9.50 Å². The summed E-state index contributed by atoms with van der Waals surface area (Å²) in [7, 11) is 0. The average Bonchev–Trinajstić information content (AvgIpc) is 2.18. The molecule has 15 heavy (non-hydrogen) atoms. The molecule has 0 amide bonds. The molecule has 0 spiro atoms. The second-order valence-corrected chi connectivity index (χ2v) is 3.58. The predicted octanol–water partition coefficient (Wildman–Crippen LogP) is 1.47. The molecule has 0 radical (unpaired) electrons. The van der Waals surface area contributed by atoms with Crippen LogP contribution in [0.15, 0.2) is 18.5 Å². The number of rotatable bonds is 6.